The Labute approximate surface area is 196 Å². The Morgan fingerprint density at radius 2 is 1.79 bits per heavy atom. The summed E-state index contributed by atoms with van der Waals surface area (Å²) in [5.74, 6) is 0.332. The SMILES string of the molecule is COc1ccc(NS(=O)(=O)c2cccc(C(=O)N(C)[C@@H](C)c3nc4ccccc4s3)c2)cc1. The Hall–Kier alpha value is -3.43. The van der Waals surface area contributed by atoms with Crippen molar-refractivity contribution in [1.82, 2.24) is 9.88 Å². The third-order valence-electron chi connectivity index (χ3n) is 5.30. The standard InChI is InChI=1S/C24H23N3O4S2/c1-16(23-25-21-9-4-5-10-22(21)32-23)27(2)24(28)17-7-6-8-20(15-17)33(29,30)26-18-11-13-19(31-3)14-12-18/h4-16,26H,1-3H3/t16-/m0/s1. The molecule has 0 radical (unpaired) electrons. The summed E-state index contributed by atoms with van der Waals surface area (Å²) in [4.78, 5) is 19.4. The lowest BCUT2D eigenvalue weighted by Crippen LogP contribution is -2.29. The molecule has 7 nitrogen and oxygen atoms in total. The van der Waals surface area contributed by atoms with Gasteiger partial charge in [0, 0.05) is 18.3 Å². The van der Waals surface area contributed by atoms with Gasteiger partial charge in [0.1, 0.15) is 10.8 Å². The van der Waals surface area contributed by atoms with E-state index in [-0.39, 0.29) is 22.4 Å². The van der Waals surface area contributed by atoms with Gasteiger partial charge in [0.15, 0.2) is 0 Å². The maximum atomic E-state index is 13.2. The minimum Gasteiger partial charge on any atom is -0.497 e. The average Bonchev–Trinajstić information content (AvgIpc) is 3.27. The van der Waals surface area contributed by atoms with Gasteiger partial charge < -0.3 is 9.64 Å². The minimum absolute atomic E-state index is 0.00482. The Balaban J connectivity index is 1.54. The third-order valence-corrected chi connectivity index (χ3v) is 7.89. The fourth-order valence-corrected chi connectivity index (χ4v) is 5.45. The van der Waals surface area contributed by atoms with Crippen LogP contribution >= 0.6 is 11.3 Å². The normalized spacial score (nSPS) is 12.3. The lowest BCUT2D eigenvalue weighted by Gasteiger charge is -2.23. The Bertz CT molecular complexity index is 1370. The Kier molecular flexibility index (Phi) is 6.35. The van der Waals surface area contributed by atoms with Crippen molar-refractivity contribution < 1.29 is 17.9 Å². The highest BCUT2D eigenvalue weighted by Crippen LogP contribution is 2.30. The van der Waals surface area contributed by atoms with E-state index < -0.39 is 10.0 Å². The second-order valence-corrected chi connectivity index (χ2v) is 10.2. The van der Waals surface area contributed by atoms with Gasteiger partial charge in [-0.15, -0.1) is 11.3 Å². The molecule has 0 aliphatic heterocycles. The number of ether oxygens (including phenoxy) is 1. The molecule has 0 unspecified atom stereocenters. The minimum atomic E-state index is -3.88. The van der Waals surface area contributed by atoms with E-state index >= 15 is 0 Å². The first-order valence-corrected chi connectivity index (χ1v) is 12.5. The number of sulfonamides is 1. The number of benzene rings is 3. The molecule has 33 heavy (non-hydrogen) atoms. The van der Waals surface area contributed by atoms with Gasteiger partial charge in [0.25, 0.3) is 15.9 Å². The highest BCUT2D eigenvalue weighted by atomic mass is 32.2. The van der Waals surface area contributed by atoms with Crippen LogP contribution in [0, 0.1) is 0 Å². The lowest BCUT2D eigenvalue weighted by atomic mass is 10.2. The van der Waals surface area contributed by atoms with Gasteiger partial charge in [-0.05, 0) is 61.5 Å². The number of amides is 1. The van der Waals surface area contributed by atoms with E-state index in [1.54, 1.807) is 48.3 Å². The van der Waals surface area contributed by atoms with Crippen molar-refractivity contribution in [3.63, 3.8) is 0 Å². The molecule has 9 heteroatoms. The molecule has 1 amide bonds. The van der Waals surface area contributed by atoms with Gasteiger partial charge in [-0.2, -0.15) is 0 Å². The summed E-state index contributed by atoms with van der Waals surface area (Å²) in [6.45, 7) is 1.90. The fourth-order valence-electron chi connectivity index (χ4n) is 3.28. The number of nitrogens with zero attached hydrogens (tertiary/aromatic N) is 2. The second kappa shape index (κ2) is 9.21. The summed E-state index contributed by atoms with van der Waals surface area (Å²) in [6.07, 6.45) is 0. The first-order valence-electron chi connectivity index (χ1n) is 10.2. The van der Waals surface area contributed by atoms with Gasteiger partial charge in [0.2, 0.25) is 0 Å². The molecular formula is C24H23N3O4S2. The largest absolute Gasteiger partial charge is 0.497 e. The number of nitrogens with one attached hydrogen (secondary N) is 1. The zero-order valence-corrected chi connectivity index (χ0v) is 20.0. The van der Waals surface area contributed by atoms with Crippen LogP contribution in [0.1, 0.15) is 28.3 Å². The van der Waals surface area contributed by atoms with Crippen LogP contribution in [0.5, 0.6) is 5.75 Å². The van der Waals surface area contributed by atoms with Gasteiger partial charge in [0.05, 0.1) is 28.3 Å². The van der Waals surface area contributed by atoms with E-state index in [1.807, 2.05) is 31.2 Å². The molecule has 1 aromatic heterocycles. The summed E-state index contributed by atoms with van der Waals surface area (Å²) < 4.78 is 34.4. The molecule has 0 aliphatic rings. The van der Waals surface area contributed by atoms with Crippen LogP contribution in [0.2, 0.25) is 0 Å². The van der Waals surface area contributed by atoms with Crippen molar-refractivity contribution >= 4 is 43.2 Å². The molecule has 0 fully saturated rings. The molecule has 0 spiro atoms. The molecule has 1 heterocycles. The quantitative estimate of drug-likeness (QED) is 0.404. The number of rotatable bonds is 7. The average molecular weight is 482 g/mol. The van der Waals surface area contributed by atoms with Gasteiger partial charge >= 0.3 is 0 Å². The number of anilines is 1. The number of hydrogen-bond acceptors (Lipinski definition) is 6. The molecule has 4 rings (SSSR count). The van der Waals surface area contributed by atoms with E-state index in [0.29, 0.717) is 11.4 Å². The summed E-state index contributed by atoms with van der Waals surface area (Å²) in [7, 11) is -0.648. The number of para-hydroxylation sites is 1. The molecule has 1 N–H and O–H groups in total. The lowest BCUT2D eigenvalue weighted by molar-refractivity contribution is 0.0742. The molecule has 0 bridgehead atoms. The highest BCUT2D eigenvalue weighted by Gasteiger charge is 2.23. The number of aromatic nitrogens is 1. The Morgan fingerprint density at radius 1 is 1.06 bits per heavy atom. The maximum absolute atomic E-state index is 13.2. The zero-order chi connectivity index (χ0) is 23.6. The molecule has 0 aliphatic carbocycles. The van der Waals surface area contributed by atoms with Crippen LogP contribution in [0.25, 0.3) is 10.2 Å². The van der Waals surface area contributed by atoms with Gasteiger partial charge in [-0.25, -0.2) is 13.4 Å². The smallest absolute Gasteiger partial charge is 0.261 e. The van der Waals surface area contributed by atoms with Gasteiger partial charge in [-0.1, -0.05) is 18.2 Å². The first-order chi connectivity index (χ1) is 15.8. The maximum Gasteiger partial charge on any atom is 0.261 e. The molecule has 0 saturated heterocycles. The fraction of sp³-hybridized carbons (Fsp3) is 0.167. The number of carbonyl (C=O) groups is 1. The van der Waals surface area contributed by atoms with Crippen LogP contribution in [0.15, 0.2) is 77.7 Å². The van der Waals surface area contributed by atoms with E-state index in [1.165, 1.54) is 30.6 Å². The zero-order valence-electron chi connectivity index (χ0n) is 18.3. The number of carbonyl (C=O) groups excluding carboxylic acids is 1. The number of thiazole rings is 1. The monoisotopic (exact) mass is 481 g/mol. The molecule has 4 aromatic rings. The third kappa shape index (κ3) is 4.84. The molecule has 0 saturated carbocycles. The van der Waals surface area contributed by atoms with Crippen LogP contribution < -0.4 is 9.46 Å². The predicted molar refractivity (Wildman–Crippen MR) is 130 cm³/mol. The second-order valence-electron chi connectivity index (χ2n) is 7.47. The number of methoxy groups -OCH3 is 1. The van der Waals surface area contributed by atoms with Crippen LogP contribution in [0.3, 0.4) is 0 Å². The van der Waals surface area contributed by atoms with Crippen LogP contribution in [0.4, 0.5) is 5.69 Å². The van der Waals surface area contributed by atoms with Crippen molar-refractivity contribution in [1.29, 1.82) is 0 Å². The summed E-state index contributed by atoms with van der Waals surface area (Å²) >= 11 is 1.54. The van der Waals surface area contributed by atoms with Crippen molar-refractivity contribution in [2.75, 3.05) is 18.9 Å². The summed E-state index contributed by atoms with van der Waals surface area (Å²) in [6, 6.07) is 20.1. The molecule has 3 aromatic carbocycles. The van der Waals surface area contributed by atoms with E-state index in [2.05, 4.69) is 9.71 Å². The molecular weight excluding hydrogens is 458 g/mol. The van der Waals surface area contributed by atoms with Gasteiger partial charge in [-0.3, -0.25) is 9.52 Å². The van der Waals surface area contributed by atoms with Crippen LogP contribution in [-0.4, -0.2) is 38.4 Å². The summed E-state index contributed by atoms with van der Waals surface area (Å²) in [5, 5.41) is 0.817. The first kappa shape index (κ1) is 22.8. The van der Waals surface area contributed by atoms with E-state index in [9.17, 15) is 13.2 Å². The number of hydrogen-bond donors (Lipinski definition) is 1. The number of fused-ring (bicyclic) bond motifs is 1. The Morgan fingerprint density at radius 3 is 2.48 bits per heavy atom. The van der Waals surface area contributed by atoms with Crippen molar-refractivity contribution in [2.24, 2.45) is 0 Å². The van der Waals surface area contributed by atoms with Crippen molar-refractivity contribution in [2.45, 2.75) is 17.9 Å². The highest BCUT2D eigenvalue weighted by molar-refractivity contribution is 7.92. The van der Waals surface area contributed by atoms with E-state index in [4.69, 9.17) is 4.74 Å². The molecule has 170 valence electrons. The molecule has 1 atom stereocenters. The predicted octanol–water partition coefficient (Wildman–Crippen LogP) is 4.94. The van der Waals surface area contributed by atoms with E-state index in [0.717, 1.165) is 15.2 Å². The van der Waals surface area contributed by atoms with Crippen molar-refractivity contribution in [3.05, 3.63) is 83.4 Å². The van der Waals surface area contributed by atoms with Crippen LogP contribution in [-0.2, 0) is 10.0 Å². The topological polar surface area (TPSA) is 88.6 Å². The summed E-state index contributed by atoms with van der Waals surface area (Å²) in [5.41, 5.74) is 1.57. The van der Waals surface area contributed by atoms with Crippen molar-refractivity contribution in [3.8, 4) is 5.75 Å².